The van der Waals surface area contributed by atoms with E-state index in [9.17, 15) is 4.79 Å². The SMILES string of the molecule is CCC(C)(C)C(=O)Nc1ncc(C2CCNCC2)s1. The lowest BCUT2D eigenvalue weighted by Crippen LogP contribution is -2.29. The van der Waals surface area contributed by atoms with Crippen LogP contribution in [0.25, 0.3) is 0 Å². The van der Waals surface area contributed by atoms with Crippen molar-refractivity contribution >= 4 is 22.4 Å². The van der Waals surface area contributed by atoms with Crippen LogP contribution in [0.2, 0.25) is 0 Å². The van der Waals surface area contributed by atoms with Gasteiger partial charge in [0.05, 0.1) is 0 Å². The maximum Gasteiger partial charge on any atom is 0.231 e. The molecule has 2 rings (SSSR count). The summed E-state index contributed by atoms with van der Waals surface area (Å²) in [6, 6.07) is 0. The molecule has 0 unspecified atom stereocenters. The van der Waals surface area contributed by atoms with Crippen molar-refractivity contribution < 1.29 is 4.79 Å². The molecule has 0 spiro atoms. The number of piperidine rings is 1. The highest BCUT2D eigenvalue weighted by atomic mass is 32.1. The van der Waals surface area contributed by atoms with Crippen LogP contribution in [0.1, 0.15) is 50.8 Å². The number of aromatic nitrogens is 1. The number of hydrogen-bond donors (Lipinski definition) is 2. The van der Waals surface area contributed by atoms with Crippen molar-refractivity contribution in [3.8, 4) is 0 Å². The van der Waals surface area contributed by atoms with Gasteiger partial charge in [0.15, 0.2) is 5.13 Å². The van der Waals surface area contributed by atoms with E-state index in [0.717, 1.165) is 37.5 Å². The predicted octanol–water partition coefficient (Wildman–Crippen LogP) is 2.98. The zero-order chi connectivity index (χ0) is 13.9. The largest absolute Gasteiger partial charge is 0.317 e. The third-order valence-electron chi connectivity index (χ3n) is 3.98. The van der Waals surface area contributed by atoms with Crippen molar-refractivity contribution in [1.29, 1.82) is 0 Å². The number of carbonyl (C=O) groups excluding carboxylic acids is 1. The van der Waals surface area contributed by atoms with Crippen LogP contribution in [0.4, 0.5) is 5.13 Å². The number of nitrogens with zero attached hydrogens (tertiary/aromatic N) is 1. The highest BCUT2D eigenvalue weighted by molar-refractivity contribution is 7.15. The van der Waals surface area contributed by atoms with E-state index in [1.165, 1.54) is 4.88 Å². The Morgan fingerprint density at radius 1 is 1.53 bits per heavy atom. The molecule has 2 N–H and O–H groups in total. The standard InChI is InChI=1S/C14H23N3OS/c1-4-14(2,3)12(18)17-13-16-9-11(19-13)10-5-7-15-8-6-10/h9-10,15H,4-8H2,1-3H3,(H,16,17,18). The number of rotatable bonds is 4. The highest BCUT2D eigenvalue weighted by Crippen LogP contribution is 2.32. The van der Waals surface area contributed by atoms with Gasteiger partial charge in [-0.1, -0.05) is 20.8 Å². The zero-order valence-electron chi connectivity index (χ0n) is 12.0. The molecule has 1 saturated heterocycles. The minimum Gasteiger partial charge on any atom is -0.317 e. The van der Waals surface area contributed by atoms with Gasteiger partial charge >= 0.3 is 0 Å². The molecule has 1 fully saturated rings. The predicted molar refractivity (Wildman–Crippen MR) is 79.7 cm³/mol. The molecule has 0 bridgehead atoms. The van der Waals surface area contributed by atoms with Gasteiger partial charge in [-0.05, 0) is 38.3 Å². The van der Waals surface area contributed by atoms with E-state index >= 15 is 0 Å². The summed E-state index contributed by atoms with van der Waals surface area (Å²) in [5.41, 5.74) is -0.333. The Kier molecular flexibility index (Phi) is 4.58. The van der Waals surface area contributed by atoms with Crippen molar-refractivity contribution in [1.82, 2.24) is 10.3 Å². The molecule has 5 heteroatoms. The van der Waals surface area contributed by atoms with E-state index in [1.54, 1.807) is 11.3 Å². The van der Waals surface area contributed by atoms with Crippen molar-refractivity contribution in [3.05, 3.63) is 11.1 Å². The lowest BCUT2D eigenvalue weighted by molar-refractivity contribution is -0.124. The van der Waals surface area contributed by atoms with Gasteiger partial charge in [0.25, 0.3) is 0 Å². The molecule has 0 aliphatic carbocycles. The lowest BCUT2D eigenvalue weighted by atomic mass is 9.89. The molecule has 1 aromatic rings. The first-order chi connectivity index (χ1) is 9.03. The molecule has 1 amide bonds. The Morgan fingerprint density at radius 3 is 2.84 bits per heavy atom. The first-order valence-corrected chi connectivity index (χ1v) is 7.82. The van der Waals surface area contributed by atoms with E-state index < -0.39 is 0 Å². The fourth-order valence-corrected chi connectivity index (χ4v) is 3.05. The molecule has 19 heavy (non-hydrogen) atoms. The second kappa shape index (κ2) is 6.01. The van der Waals surface area contributed by atoms with E-state index in [1.807, 2.05) is 27.0 Å². The van der Waals surface area contributed by atoms with Gasteiger partial charge < -0.3 is 10.6 Å². The Hall–Kier alpha value is -0.940. The average molecular weight is 281 g/mol. The topological polar surface area (TPSA) is 54.0 Å². The molecule has 0 saturated carbocycles. The first-order valence-electron chi connectivity index (χ1n) is 7.01. The number of hydrogen-bond acceptors (Lipinski definition) is 4. The van der Waals surface area contributed by atoms with E-state index in [0.29, 0.717) is 5.92 Å². The van der Waals surface area contributed by atoms with E-state index in [-0.39, 0.29) is 11.3 Å². The number of amides is 1. The van der Waals surface area contributed by atoms with Gasteiger partial charge in [-0.3, -0.25) is 4.79 Å². The first kappa shape index (κ1) is 14.5. The van der Waals surface area contributed by atoms with Crippen LogP contribution in [0.3, 0.4) is 0 Å². The molecule has 106 valence electrons. The third-order valence-corrected chi connectivity index (χ3v) is 5.06. The highest BCUT2D eigenvalue weighted by Gasteiger charge is 2.26. The van der Waals surface area contributed by atoms with Crippen LogP contribution in [-0.2, 0) is 4.79 Å². The normalized spacial score (nSPS) is 17.4. The Labute approximate surface area is 119 Å². The maximum absolute atomic E-state index is 12.1. The molecule has 1 aliphatic heterocycles. The van der Waals surface area contributed by atoms with E-state index in [2.05, 4.69) is 15.6 Å². The summed E-state index contributed by atoms with van der Waals surface area (Å²) in [5, 5.41) is 7.05. The maximum atomic E-state index is 12.1. The minimum absolute atomic E-state index is 0.0567. The number of anilines is 1. The summed E-state index contributed by atoms with van der Waals surface area (Å²) in [5.74, 6) is 0.657. The van der Waals surface area contributed by atoms with Crippen LogP contribution in [0.5, 0.6) is 0 Å². The van der Waals surface area contributed by atoms with Crippen LogP contribution < -0.4 is 10.6 Å². The minimum atomic E-state index is -0.333. The van der Waals surface area contributed by atoms with Crippen LogP contribution in [0, 0.1) is 5.41 Å². The van der Waals surface area contributed by atoms with Crippen molar-refractivity contribution in [2.24, 2.45) is 5.41 Å². The summed E-state index contributed by atoms with van der Waals surface area (Å²) in [4.78, 5) is 17.7. The molecular weight excluding hydrogens is 258 g/mol. The van der Waals surface area contributed by atoms with Crippen molar-refractivity contribution in [2.75, 3.05) is 18.4 Å². The molecule has 0 radical (unpaired) electrons. The lowest BCUT2D eigenvalue weighted by Gasteiger charge is -2.21. The van der Waals surface area contributed by atoms with Gasteiger partial charge in [-0.2, -0.15) is 0 Å². The number of nitrogens with one attached hydrogen (secondary N) is 2. The Morgan fingerprint density at radius 2 is 2.21 bits per heavy atom. The monoisotopic (exact) mass is 281 g/mol. The molecule has 0 aromatic carbocycles. The Bertz CT molecular complexity index is 436. The van der Waals surface area contributed by atoms with Crippen LogP contribution >= 0.6 is 11.3 Å². The quantitative estimate of drug-likeness (QED) is 0.892. The number of carbonyl (C=O) groups is 1. The summed E-state index contributed by atoms with van der Waals surface area (Å²) in [7, 11) is 0. The summed E-state index contributed by atoms with van der Waals surface area (Å²) < 4.78 is 0. The van der Waals surface area contributed by atoms with Gasteiger partial charge in [-0.25, -0.2) is 4.98 Å². The summed E-state index contributed by atoms with van der Waals surface area (Å²) in [6.45, 7) is 8.11. The molecule has 4 nitrogen and oxygen atoms in total. The van der Waals surface area contributed by atoms with Crippen molar-refractivity contribution in [2.45, 2.75) is 46.0 Å². The molecule has 0 atom stereocenters. The molecule has 2 heterocycles. The third kappa shape index (κ3) is 3.54. The van der Waals surface area contributed by atoms with Crippen LogP contribution in [-0.4, -0.2) is 24.0 Å². The smallest absolute Gasteiger partial charge is 0.231 e. The summed E-state index contributed by atoms with van der Waals surface area (Å²) in [6.07, 6.45) is 5.08. The molecule has 1 aromatic heterocycles. The second-order valence-electron chi connectivity index (χ2n) is 5.78. The van der Waals surface area contributed by atoms with Gasteiger partial charge in [0.2, 0.25) is 5.91 Å². The number of thiazole rings is 1. The Balaban J connectivity index is 1.99. The van der Waals surface area contributed by atoms with Crippen LogP contribution in [0.15, 0.2) is 6.20 Å². The van der Waals surface area contributed by atoms with E-state index in [4.69, 9.17) is 0 Å². The summed E-state index contributed by atoms with van der Waals surface area (Å²) >= 11 is 1.62. The van der Waals surface area contributed by atoms with Crippen molar-refractivity contribution in [3.63, 3.8) is 0 Å². The van der Waals surface area contributed by atoms with Gasteiger partial charge in [-0.15, -0.1) is 11.3 Å². The molecule has 1 aliphatic rings. The van der Waals surface area contributed by atoms with Gasteiger partial charge in [0, 0.05) is 16.5 Å². The second-order valence-corrected chi connectivity index (χ2v) is 6.85. The fraction of sp³-hybridized carbons (Fsp3) is 0.714. The molecular formula is C14H23N3OS. The zero-order valence-corrected chi connectivity index (χ0v) is 12.8. The fourth-order valence-electron chi connectivity index (χ4n) is 2.07. The van der Waals surface area contributed by atoms with Gasteiger partial charge in [0.1, 0.15) is 0 Å². The average Bonchev–Trinajstić information content (AvgIpc) is 2.88.